The minimum Gasteiger partial charge on any atom is -0.343 e. The van der Waals surface area contributed by atoms with E-state index in [9.17, 15) is 9.59 Å². The Morgan fingerprint density at radius 3 is 2.50 bits per heavy atom. The molecule has 2 fully saturated rings. The molecule has 0 radical (unpaired) electrons. The molecule has 22 heavy (non-hydrogen) atoms. The van der Waals surface area contributed by atoms with E-state index in [-0.39, 0.29) is 23.8 Å². The number of piperidine rings is 2. The van der Waals surface area contributed by atoms with Crippen LogP contribution < -0.4 is 0 Å². The number of carbonyl (C=O) groups excluding carboxylic acids is 2. The number of carbonyl (C=O) groups is 2. The Balaban J connectivity index is 1.57. The smallest absolute Gasteiger partial charge is 0.225 e. The first-order valence-electron chi connectivity index (χ1n) is 8.03. The van der Waals surface area contributed by atoms with E-state index in [0.717, 1.165) is 38.8 Å². The van der Waals surface area contributed by atoms with Crippen LogP contribution in [0.3, 0.4) is 0 Å². The highest BCUT2D eigenvalue weighted by molar-refractivity contribution is 5.80. The van der Waals surface area contributed by atoms with Gasteiger partial charge in [0.2, 0.25) is 11.8 Å². The minimum atomic E-state index is 0.0603. The molecule has 7 nitrogen and oxygen atoms in total. The number of hydrogen-bond donors (Lipinski definition) is 0. The molecule has 120 valence electrons. The molecule has 0 aromatic carbocycles. The summed E-state index contributed by atoms with van der Waals surface area (Å²) in [6.07, 6.45) is 6.87. The molecule has 0 bridgehead atoms. The Morgan fingerprint density at radius 2 is 1.86 bits per heavy atom. The Labute approximate surface area is 130 Å². The molecule has 3 heterocycles. The lowest BCUT2D eigenvalue weighted by molar-refractivity contribution is -0.141. The third kappa shape index (κ3) is 3.13. The van der Waals surface area contributed by atoms with Gasteiger partial charge in [0.25, 0.3) is 0 Å². The third-order valence-electron chi connectivity index (χ3n) is 4.81. The molecule has 0 aliphatic carbocycles. The first-order chi connectivity index (χ1) is 10.6. The molecule has 1 aromatic heterocycles. The van der Waals surface area contributed by atoms with Gasteiger partial charge in [-0.2, -0.15) is 5.10 Å². The highest BCUT2D eigenvalue weighted by Crippen LogP contribution is 2.25. The fourth-order valence-corrected chi connectivity index (χ4v) is 3.48. The molecule has 1 aromatic rings. The maximum atomic E-state index is 12.7. The number of hydrogen-bond acceptors (Lipinski definition) is 4. The summed E-state index contributed by atoms with van der Waals surface area (Å²) in [5.41, 5.74) is 0. The van der Waals surface area contributed by atoms with Crippen molar-refractivity contribution in [3.63, 3.8) is 0 Å². The van der Waals surface area contributed by atoms with Crippen LogP contribution in [0.15, 0.2) is 12.7 Å². The maximum Gasteiger partial charge on any atom is 0.225 e. The third-order valence-corrected chi connectivity index (χ3v) is 4.81. The second-order valence-corrected chi connectivity index (χ2v) is 6.24. The molecule has 0 unspecified atom stereocenters. The van der Waals surface area contributed by atoms with E-state index in [0.29, 0.717) is 13.1 Å². The molecular weight excluding hydrogens is 282 g/mol. The Kier molecular flexibility index (Phi) is 4.40. The van der Waals surface area contributed by atoms with E-state index in [1.54, 1.807) is 13.3 Å². The van der Waals surface area contributed by atoms with E-state index >= 15 is 0 Å². The van der Waals surface area contributed by atoms with E-state index in [4.69, 9.17) is 0 Å². The lowest BCUT2D eigenvalue weighted by Gasteiger charge is -2.37. The van der Waals surface area contributed by atoms with Crippen molar-refractivity contribution in [2.75, 3.05) is 26.2 Å². The minimum absolute atomic E-state index is 0.0603. The second-order valence-electron chi connectivity index (χ2n) is 6.24. The molecule has 2 saturated heterocycles. The maximum absolute atomic E-state index is 12.7. The van der Waals surface area contributed by atoms with Gasteiger partial charge in [-0.05, 0) is 25.7 Å². The zero-order chi connectivity index (χ0) is 15.5. The van der Waals surface area contributed by atoms with Crippen LogP contribution >= 0.6 is 0 Å². The van der Waals surface area contributed by atoms with E-state index in [1.807, 2.05) is 14.5 Å². The van der Waals surface area contributed by atoms with Crippen molar-refractivity contribution in [2.24, 2.45) is 5.92 Å². The van der Waals surface area contributed by atoms with Crippen molar-refractivity contribution in [1.29, 1.82) is 0 Å². The SMILES string of the molecule is CC(=O)N1CCC(C(=O)N2CCC[C@H](n3cncn3)C2)CC1. The van der Waals surface area contributed by atoms with E-state index in [1.165, 1.54) is 6.33 Å². The molecule has 3 rings (SSSR count). The zero-order valence-electron chi connectivity index (χ0n) is 13.0. The van der Waals surface area contributed by atoms with Crippen LogP contribution in [-0.2, 0) is 9.59 Å². The van der Waals surface area contributed by atoms with Crippen molar-refractivity contribution in [2.45, 2.75) is 38.6 Å². The molecule has 2 aliphatic heterocycles. The average Bonchev–Trinajstić information content (AvgIpc) is 3.09. The Morgan fingerprint density at radius 1 is 1.09 bits per heavy atom. The first kappa shape index (κ1) is 15.0. The highest BCUT2D eigenvalue weighted by Gasteiger charge is 2.32. The summed E-state index contributed by atoms with van der Waals surface area (Å²) in [6.45, 7) is 4.54. The fraction of sp³-hybridized carbons (Fsp3) is 0.733. The average molecular weight is 305 g/mol. The summed E-state index contributed by atoms with van der Waals surface area (Å²) < 4.78 is 1.86. The largest absolute Gasteiger partial charge is 0.343 e. The number of likely N-dealkylation sites (tertiary alicyclic amines) is 2. The molecule has 0 spiro atoms. The molecular formula is C15H23N5O2. The highest BCUT2D eigenvalue weighted by atomic mass is 16.2. The molecule has 1 atom stereocenters. The predicted octanol–water partition coefficient (Wildman–Crippen LogP) is 0.700. The summed E-state index contributed by atoms with van der Waals surface area (Å²) in [4.78, 5) is 31.9. The van der Waals surface area contributed by atoms with Gasteiger partial charge in [-0.3, -0.25) is 9.59 Å². The molecule has 2 aliphatic rings. The molecule has 0 N–H and O–H groups in total. The first-order valence-corrected chi connectivity index (χ1v) is 8.03. The van der Waals surface area contributed by atoms with Crippen LogP contribution in [-0.4, -0.2) is 62.6 Å². The van der Waals surface area contributed by atoms with Gasteiger partial charge in [0.1, 0.15) is 12.7 Å². The lowest BCUT2D eigenvalue weighted by Crippen LogP contribution is -2.47. The van der Waals surface area contributed by atoms with Gasteiger partial charge in [-0.25, -0.2) is 9.67 Å². The van der Waals surface area contributed by atoms with Gasteiger partial charge in [0, 0.05) is 39.0 Å². The number of aromatic nitrogens is 3. The second kappa shape index (κ2) is 6.46. The van der Waals surface area contributed by atoms with Crippen molar-refractivity contribution in [3.8, 4) is 0 Å². The molecule has 2 amide bonds. The van der Waals surface area contributed by atoms with Gasteiger partial charge in [0.05, 0.1) is 6.04 Å². The monoisotopic (exact) mass is 305 g/mol. The quantitative estimate of drug-likeness (QED) is 0.806. The fourth-order valence-electron chi connectivity index (χ4n) is 3.48. The molecule has 7 heteroatoms. The van der Waals surface area contributed by atoms with E-state index < -0.39 is 0 Å². The van der Waals surface area contributed by atoms with Crippen LogP contribution in [0.25, 0.3) is 0 Å². The van der Waals surface area contributed by atoms with Gasteiger partial charge in [-0.15, -0.1) is 0 Å². The van der Waals surface area contributed by atoms with Gasteiger partial charge < -0.3 is 9.80 Å². The van der Waals surface area contributed by atoms with Crippen molar-refractivity contribution < 1.29 is 9.59 Å². The summed E-state index contributed by atoms with van der Waals surface area (Å²) >= 11 is 0. The van der Waals surface area contributed by atoms with Crippen LogP contribution in [0, 0.1) is 5.92 Å². The predicted molar refractivity (Wildman–Crippen MR) is 79.9 cm³/mol. The summed E-state index contributed by atoms with van der Waals surface area (Å²) in [6, 6.07) is 0.234. The van der Waals surface area contributed by atoms with Crippen molar-refractivity contribution in [1.82, 2.24) is 24.6 Å². The summed E-state index contributed by atoms with van der Waals surface area (Å²) in [5, 5.41) is 4.20. The summed E-state index contributed by atoms with van der Waals surface area (Å²) in [7, 11) is 0. The van der Waals surface area contributed by atoms with Crippen LogP contribution in [0.2, 0.25) is 0 Å². The normalized spacial score (nSPS) is 23.6. The van der Waals surface area contributed by atoms with E-state index in [2.05, 4.69) is 10.1 Å². The number of rotatable bonds is 2. The zero-order valence-corrected chi connectivity index (χ0v) is 13.0. The van der Waals surface area contributed by atoms with Crippen LogP contribution in [0.1, 0.15) is 38.6 Å². The lowest BCUT2D eigenvalue weighted by atomic mass is 9.94. The molecule has 0 saturated carbocycles. The van der Waals surface area contributed by atoms with Gasteiger partial charge >= 0.3 is 0 Å². The van der Waals surface area contributed by atoms with Crippen LogP contribution in [0.5, 0.6) is 0 Å². The topological polar surface area (TPSA) is 71.3 Å². The number of nitrogens with zero attached hydrogens (tertiary/aromatic N) is 5. The Bertz CT molecular complexity index is 522. The van der Waals surface area contributed by atoms with Gasteiger partial charge in [-0.1, -0.05) is 0 Å². The standard InChI is InChI=1S/C15H23N5O2/c1-12(21)18-7-4-13(5-8-18)15(22)19-6-2-3-14(9-19)20-11-16-10-17-20/h10-11,13-14H,2-9H2,1H3/t14-/m0/s1. The van der Waals surface area contributed by atoms with Crippen LogP contribution in [0.4, 0.5) is 0 Å². The number of amides is 2. The Hall–Kier alpha value is -1.92. The summed E-state index contributed by atoms with van der Waals surface area (Å²) in [5.74, 6) is 0.410. The van der Waals surface area contributed by atoms with Crippen molar-refractivity contribution in [3.05, 3.63) is 12.7 Å². The van der Waals surface area contributed by atoms with Crippen molar-refractivity contribution >= 4 is 11.8 Å². The van der Waals surface area contributed by atoms with Gasteiger partial charge in [0.15, 0.2) is 0 Å².